The number of nitrogens with two attached hydrogens (primary N) is 1. The summed E-state index contributed by atoms with van der Waals surface area (Å²) < 4.78 is 29.1. The van der Waals surface area contributed by atoms with Crippen LogP contribution in [0.25, 0.3) is 21.1 Å². The Morgan fingerprint density at radius 2 is 1.57 bits per heavy atom. The van der Waals surface area contributed by atoms with Crippen molar-refractivity contribution in [2.45, 2.75) is 0 Å². The lowest BCUT2D eigenvalue weighted by Crippen LogP contribution is -2.28. The van der Waals surface area contributed by atoms with Gasteiger partial charge in [0.05, 0.1) is 9.75 Å². The summed E-state index contributed by atoms with van der Waals surface area (Å²) in [6.45, 7) is 0. The predicted octanol–water partition coefficient (Wildman–Crippen LogP) is 2.31. The molecule has 23 heavy (non-hydrogen) atoms. The van der Waals surface area contributed by atoms with Crippen molar-refractivity contribution in [2.75, 3.05) is 4.72 Å². The van der Waals surface area contributed by atoms with E-state index in [9.17, 15) is 8.42 Å². The van der Waals surface area contributed by atoms with Gasteiger partial charge in [0.2, 0.25) is 0 Å². The normalized spacial score (nSPS) is 15.6. The second-order valence-corrected chi connectivity index (χ2v) is 7.86. The molecule has 0 atom stereocenters. The van der Waals surface area contributed by atoms with Crippen LogP contribution in [0.15, 0.2) is 39.4 Å². The van der Waals surface area contributed by atoms with Gasteiger partial charge in [0.1, 0.15) is 11.4 Å². The molecule has 0 saturated heterocycles. The van der Waals surface area contributed by atoms with E-state index < -0.39 is 10.2 Å². The Balaban J connectivity index is 2.01. The van der Waals surface area contributed by atoms with Crippen molar-refractivity contribution >= 4 is 44.5 Å². The lowest BCUT2D eigenvalue weighted by Gasteiger charge is -2.16. The van der Waals surface area contributed by atoms with Gasteiger partial charge in [0, 0.05) is 0 Å². The van der Waals surface area contributed by atoms with E-state index in [-0.39, 0.29) is 17.3 Å². The fourth-order valence-corrected chi connectivity index (χ4v) is 4.38. The van der Waals surface area contributed by atoms with Gasteiger partial charge < -0.3 is 5.73 Å². The molecule has 0 radical (unpaired) electrons. The van der Waals surface area contributed by atoms with Gasteiger partial charge in [-0.1, -0.05) is 12.1 Å². The third-order valence-corrected chi connectivity index (χ3v) is 5.73. The Kier molecular flexibility index (Phi) is 3.18. The summed E-state index contributed by atoms with van der Waals surface area (Å²) in [5, 5.41) is 3.86. The van der Waals surface area contributed by atoms with Crippen LogP contribution in [0.4, 0.5) is 5.82 Å². The molecule has 4 heterocycles. The minimum Gasteiger partial charge on any atom is -0.381 e. The Hall–Kier alpha value is -2.30. The second kappa shape index (κ2) is 5.11. The quantitative estimate of drug-likeness (QED) is 0.726. The van der Waals surface area contributed by atoms with E-state index in [4.69, 9.17) is 5.73 Å². The van der Waals surface area contributed by atoms with Gasteiger partial charge in [-0.15, -0.1) is 27.1 Å². The van der Waals surface area contributed by atoms with E-state index in [1.54, 1.807) is 0 Å². The van der Waals surface area contributed by atoms with Gasteiger partial charge in [0.15, 0.2) is 17.3 Å². The molecule has 0 fully saturated rings. The minimum atomic E-state index is -3.88. The molecule has 0 bridgehead atoms. The molecule has 116 valence electrons. The topological polar surface area (TPSA) is 110 Å². The zero-order valence-corrected chi connectivity index (χ0v) is 13.9. The maximum Gasteiger partial charge on any atom is 0.345 e. The molecular formula is C13H9N5O2S3. The van der Waals surface area contributed by atoms with Crippen molar-refractivity contribution in [2.24, 2.45) is 10.1 Å². The number of hydrogen-bond acceptors (Lipinski definition) is 7. The molecule has 3 N–H and O–H groups in total. The monoisotopic (exact) mass is 363 g/mol. The third-order valence-electron chi connectivity index (χ3n) is 3.09. The average Bonchev–Trinajstić information content (AvgIpc) is 3.18. The van der Waals surface area contributed by atoms with Crippen molar-refractivity contribution in [3.63, 3.8) is 0 Å². The van der Waals surface area contributed by atoms with Gasteiger partial charge in [0.25, 0.3) is 0 Å². The molecule has 7 nitrogen and oxygen atoms in total. The average molecular weight is 363 g/mol. The molecule has 0 aromatic carbocycles. The number of amidine groups is 1. The lowest BCUT2D eigenvalue weighted by molar-refractivity contribution is 0.602. The van der Waals surface area contributed by atoms with Crippen LogP contribution in [-0.2, 0) is 10.2 Å². The number of hydrogen-bond donors (Lipinski definition) is 2. The summed E-state index contributed by atoms with van der Waals surface area (Å²) >= 11 is 3.02. The Morgan fingerprint density at radius 1 is 0.957 bits per heavy atom. The molecule has 4 rings (SSSR count). The van der Waals surface area contributed by atoms with E-state index in [1.165, 1.54) is 22.7 Å². The van der Waals surface area contributed by atoms with E-state index in [2.05, 4.69) is 19.1 Å². The summed E-state index contributed by atoms with van der Waals surface area (Å²) in [6, 6.07) is 7.66. The van der Waals surface area contributed by atoms with Crippen LogP contribution in [0, 0.1) is 0 Å². The molecule has 10 heteroatoms. The van der Waals surface area contributed by atoms with Crippen LogP contribution in [-0.4, -0.2) is 24.2 Å². The largest absolute Gasteiger partial charge is 0.381 e. The highest BCUT2D eigenvalue weighted by molar-refractivity contribution is 7.91. The van der Waals surface area contributed by atoms with Gasteiger partial charge >= 0.3 is 10.2 Å². The van der Waals surface area contributed by atoms with E-state index in [1.807, 2.05) is 35.0 Å². The molecule has 0 unspecified atom stereocenters. The SMILES string of the molecule is NC1=NS(=O)(=O)Nc2nc(-c3cccs3)c(-c3cccs3)nc21. The number of nitrogens with zero attached hydrogens (tertiary/aromatic N) is 3. The van der Waals surface area contributed by atoms with Gasteiger partial charge in [-0.2, -0.15) is 8.42 Å². The van der Waals surface area contributed by atoms with Crippen LogP contribution in [0.5, 0.6) is 0 Å². The summed E-state index contributed by atoms with van der Waals surface area (Å²) in [6.07, 6.45) is 0. The van der Waals surface area contributed by atoms with E-state index in [0.717, 1.165) is 9.75 Å². The molecule has 3 aromatic rings. The van der Waals surface area contributed by atoms with Crippen molar-refractivity contribution in [3.05, 3.63) is 40.7 Å². The molecule has 0 amide bonds. The number of aromatic nitrogens is 2. The molecule has 0 spiro atoms. The lowest BCUT2D eigenvalue weighted by atomic mass is 10.2. The van der Waals surface area contributed by atoms with Gasteiger partial charge in [-0.25, -0.2) is 14.7 Å². The maximum absolute atomic E-state index is 11.7. The maximum atomic E-state index is 11.7. The third kappa shape index (κ3) is 2.50. The highest BCUT2D eigenvalue weighted by Gasteiger charge is 2.27. The summed E-state index contributed by atoms with van der Waals surface area (Å²) in [5.74, 6) is -0.0667. The molecule has 3 aromatic heterocycles. The smallest absolute Gasteiger partial charge is 0.345 e. The summed E-state index contributed by atoms with van der Waals surface area (Å²) in [7, 11) is -3.88. The van der Waals surface area contributed by atoms with Crippen molar-refractivity contribution in [3.8, 4) is 21.1 Å². The van der Waals surface area contributed by atoms with Crippen LogP contribution in [0.2, 0.25) is 0 Å². The highest BCUT2D eigenvalue weighted by Crippen LogP contribution is 2.36. The number of fused-ring (bicyclic) bond motifs is 1. The van der Waals surface area contributed by atoms with Gasteiger partial charge in [-0.05, 0) is 22.9 Å². The second-order valence-electron chi connectivity index (χ2n) is 4.63. The van der Waals surface area contributed by atoms with Crippen molar-refractivity contribution in [1.29, 1.82) is 0 Å². The Morgan fingerprint density at radius 3 is 2.13 bits per heavy atom. The molecule has 0 saturated carbocycles. The zero-order valence-electron chi connectivity index (χ0n) is 11.4. The molecule has 0 aliphatic carbocycles. The first kappa shape index (κ1) is 14.3. The molecule has 1 aliphatic rings. The fourth-order valence-electron chi connectivity index (χ4n) is 2.17. The summed E-state index contributed by atoms with van der Waals surface area (Å²) in [4.78, 5) is 10.8. The van der Waals surface area contributed by atoms with E-state index in [0.29, 0.717) is 11.4 Å². The fraction of sp³-hybridized carbons (Fsp3) is 0. The predicted molar refractivity (Wildman–Crippen MR) is 91.9 cm³/mol. The first-order valence-electron chi connectivity index (χ1n) is 6.42. The summed E-state index contributed by atoms with van der Waals surface area (Å²) in [5.41, 5.74) is 7.25. The van der Waals surface area contributed by atoms with Crippen molar-refractivity contribution < 1.29 is 8.42 Å². The van der Waals surface area contributed by atoms with Crippen molar-refractivity contribution in [1.82, 2.24) is 9.97 Å². The van der Waals surface area contributed by atoms with E-state index >= 15 is 0 Å². The Labute approximate surface area is 139 Å². The van der Waals surface area contributed by atoms with Crippen LogP contribution < -0.4 is 10.5 Å². The van der Waals surface area contributed by atoms with Crippen LogP contribution in [0.3, 0.4) is 0 Å². The Bertz CT molecular complexity index is 1010. The first-order chi connectivity index (χ1) is 11.0. The number of nitrogens with one attached hydrogen (secondary N) is 1. The number of thiophene rings is 2. The van der Waals surface area contributed by atoms with Crippen LogP contribution >= 0.6 is 22.7 Å². The van der Waals surface area contributed by atoms with Crippen LogP contribution in [0.1, 0.15) is 5.69 Å². The van der Waals surface area contributed by atoms with Gasteiger partial charge in [-0.3, -0.25) is 0 Å². The molecule has 1 aliphatic heterocycles. The highest BCUT2D eigenvalue weighted by atomic mass is 32.2. The zero-order chi connectivity index (χ0) is 16.0. The molecular weight excluding hydrogens is 354 g/mol. The first-order valence-corrected chi connectivity index (χ1v) is 9.62. The number of rotatable bonds is 2. The standard InChI is InChI=1S/C13H9N5O2S3/c14-12-11-13(18-23(19,20)17-12)16-10(8-4-2-6-22-8)9(15-11)7-3-1-5-21-7/h1-6H,(H2,14,17)(H,16,18). The minimum absolute atomic E-state index is 0.0983. The number of anilines is 1.